The van der Waals surface area contributed by atoms with Crippen LogP contribution in [0, 0.1) is 35.5 Å². The van der Waals surface area contributed by atoms with E-state index in [9.17, 15) is 23.7 Å². The van der Waals surface area contributed by atoms with E-state index in [4.69, 9.17) is 4.74 Å². The molecule has 8 nitrogen and oxygen atoms in total. The molecule has 0 saturated carbocycles. The summed E-state index contributed by atoms with van der Waals surface area (Å²) in [6.45, 7) is 2.87. The fourth-order valence-corrected chi connectivity index (χ4v) is 7.62. The van der Waals surface area contributed by atoms with Gasteiger partial charge < -0.3 is 9.64 Å². The number of ether oxygens (including phenoxy) is 1. The van der Waals surface area contributed by atoms with E-state index in [0.717, 1.165) is 11.3 Å². The largest absolute Gasteiger partial charge is 0.469 e. The molecule has 42 heavy (non-hydrogen) atoms. The monoisotopic (exact) mass is 592 g/mol. The minimum absolute atomic E-state index is 0.118. The Labute approximate surface area is 247 Å². The van der Waals surface area contributed by atoms with Gasteiger partial charge in [0.1, 0.15) is 10.9 Å². The van der Waals surface area contributed by atoms with Crippen LogP contribution in [0.3, 0.4) is 0 Å². The molecule has 0 amide bonds. The predicted octanol–water partition coefficient (Wildman–Crippen LogP) is 5.93. The van der Waals surface area contributed by atoms with Gasteiger partial charge in [-0.3, -0.25) is 4.79 Å². The van der Waals surface area contributed by atoms with Crippen LogP contribution in [-0.4, -0.2) is 38.6 Å². The summed E-state index contributed by atoms with van der Waals surface area (Å²) in [6, 6.07) is 25.3. The number of rotatable bonds is 6. The third-order valence-electron chi connectivity index (χ3n) is 7.55. The van der Waals surface area contributed by atoms with Crippen molar-refractivity contribution in [3.63, 3.8) is 0 Å². The summed E-state index contributed by atoms with van der Waals surface area (Å²) in [7, 11) is -2.77. The smallest absolute Gasteiger partial charge is 0.312 e. The van der Waals surface area contributed by atoms with E-state index in [1.165, 1.54) is 22.4 Å². The van der Waals surface area contributed by atoms with Crippen LogP contribution in [0.5, 0.6) is 0 Å². The van der Waals surface area contributed by atoms with E-state index in [1.54, 1.807) is 47.8 Å². The van der Waals surface area contributed by atoms with Gasteiger partial charge in [0.25, 0.3) is 10.0 Å². The van der Waals surface area contributed by atoms with E-state index < -0.39 is 10.0 Å². The van der Waals surface area contributed by atoms with Gasteiger partial charge >= 0.3 is 5.97 Å². The summed E-state index contributed by atoms with van der Waals surface area (Å²) in [5.41, 5.74) is 4.68. The number of methoxy groups -OCH3 is 1. The van der Waals surface area contributed by atoms with E-state index in [-0.39, 0.29) is 16.8 Å². The number of aryl methyl sites for hydroxylation is 1. The lowest BCUT2D eigenvalue weighted by Crippen LogP contribution is -2.50. The number of hydrogen-bond donors (Lipinski definition) is 0. The van der Waals surface area contributed by atoms with Gasteiger partial charge in [0.15, 0.2) is 0 Å². The van der Waals surface area contributed by atoms with Gasteiger partial charge in [-0.25, -0.2) is 12.4 Å². The number of benzene rings is 3. The zero-order valence-corrected chi connectivity index (χ0v) is 24.4. The topological polar surface area (TPSA) is 116 Å². The molecule has 0 atom stereocenters. The maximum atomic E-state index is 14.5. The molecule has 6 rings (SSSR count). The molecule has 1 aliphatic heterocycles. The molecule has 3 heterocycles. The molecular weight excluding hydrogens is 569 g/mol. The Morgan fingerprint density at radius 3 is 2.45 bits per heavy atom. The maximum absolute atomic E-state index is 14.5. The fourth-order valence-electron chi connectivity index (χ4n) is 5.38. The number of nitrogens with zero attached hydrogens (tertiary/aromatic N) is 4. The predicted molar refractivity (Wildman–Crippen MR) is 162 cm³/mol. The van der Waals surface area contributed by atoms with Gasteiger partial charge in [-0.05, 0) is 60.8 Å². The van der Waals surface area contributed by atoms with Crippen molar-refractivity contribution in [1.82, 2.24) is 3.97 Å². The lowest BCUT2D eigenvalue weighted by atomic mass is 9.96. The second kappa shape index (κ2) is 10.5. The molecule has 0 radical (unpaired) electrons. The Bertz CT molecular complexity index is 2060. The van der Waals surface area contributed by atoms with E-state index in [2.05, 4.69) is 12.1 Å². The average molecular weight is 593 g/mol. The highest BCUT2D eigenvalue weighted by molar-refractivity contribution is 7.90. The maximum Gasteiger partial charge on any atom is 0.312 e. The van der Waals surface area contributed by atoms with Gasteiger partial charge in [0.05, 0.1) is 40.8 Å². The van der Waals surface area contributed by atoms with Gasteiger partial charge in [0.2, 0.25) is 0 Å². The first-order valence-electron chi connectivity index (χ1n) is 13.1. The summed E-state index contributed by atoms with van der Waals surface area (Å²) in [5, 5.41) is 22.0. The highest BCUT2D eigenvalue weighted by Gasteiger charge is 2.35. The number of anilines is 1. The fraction of sp³-hybridized carbons (Fsp3) is 0.156. The van der Waals surface area contributed by atoms with Crippen LogP contribution in [0.25, 0.3) is 33.3 Å². The molecule has 208 valence electrons. The zero-order chi connectivity index (χ0) is 29.6. The highest BCUT2D eigenvalue weighted by Crippen LogP contribution is 2.46. The second-order valence-corrected chi connectivity index (χ2v) is 12.8. The van der Waals surface area contributed by atoms with E-state index in [0.29, 0.717) is 56.8 Å². The number of carbonyl (C=O) groups excluding carboxylic acids is 1. The van der Waals surface area contributed by atoms with Crippen LogP contribution in [0.4, 0.5) is 5.69 Å². The van der Waals surface area contributed by atoms with Crippen molar-refractivity contribution in [3.8, 4) is 34.5 Å². The number of nitriles is 2. The van der Waals surface area contributed by atoms with Gasteiger partial charge in [-0.2, -0.15) is 10.5 Å². The first-order valence-corrected chi connectivity index (χ1v) is 15.4. The molecule has 10 heteroatoms. The van der Waals surface area contributed by atoms with Crippen molar-refractivity contribution >= 4 is 43.9 Å². The molecule has 0 spiro atoms. The van der Waals surface area contributed by atoms with Crippen LogP contribution in [0.1, 0.15) is 16.0 Å². The third kappa shape index (κ3) is 4.42. The molecule has 5 aromatic rings. The van der Waals surface area contributed by atoms with Crippen molar-refractivity contribution in [2.24, 2.45) is 5.92 Å². The lowest BCUT2D eigenvalue weighted by molar-refractivity contribution is -0.146. The number of aromatic nitrogens is 1. The number of hydrogen-bond acceptors (Lipinski definition) is 8. The minimum atomic E-state index is -4.14. The molecule has 0 unspecified atom stereocenters. The van der Waals surface area contributed by atoms with Gasteiger partial charge in [0, 0.05) is 40.9 Å². The second-order valence-electron chi connectivity index (χ2n) is 10.1. The summed E-state index contributed by atoms with van der Waals surface area (Å²) in [5.74, 6) is -0.486. The van der Waals surface area contributed by atoms with Crippen molar-refractivity contribution in [2.45, 2.75) is 11.8 Å². The number of esters is 1. The quantitative estimate of drug-likeness (QED) is 0.224. The average Bonchev–Trinajstić information content (AvgIpc) is 3.58. The molecule has 3 aromatic carbocycles. The van der Waals surface area contributed by atoms with Crippen LogP contribution < -0.4 is 4.90 Å². The normalized spacial score (nSPS) is 13.4. The van der Waals surface area contributed by atoms with Gasteiger partial charge in [-0.1, -0.05) is 29.8 Å². The molecule has 1 aliphatic rings. The molecule has 2 aromatic heterocycles. The standard InChI is InChI=1S/C32H24N4O4S2/c1-20-6-9-25(10-7-20)42(38,39)36-28-11-8-21(16-33)14-27(28)30(26-12-13-41-29(26)17-34)31(36)22-4-3-5-24(15-22)35-18-23(19-35)32(37)40-2/h3-15,23H,18-19H2,1-2H3. The van der Waals surface area contributed by atoms with Gasteiger partial charge in [-0.15, -0.1) is 11.3 Å². The summed E-state index contributed by atoms with van der Waals surface area (Å²) in [6.07, 6.45) is 0. The Balaban J connectivity index is 1.66. The number of carbonyl (C=O) groups is 1. The van der Waals surface area contributed by atoms with Crippen LogP contribution in [0.15, 0.2) is 83.1 Å². The highest BCUT2D eigenvalue weighted by atomic mass is 32.2. The Morgan fingerprint density at radius 2 is 1.76 bits per heavy atom. The summed E-state index contributed by atoms with van der Waals surface area (Å²) in [4.78, 5) is 14.6. The minimum Gasteiger partial charge on any atom is -0.469 e. The molecule has 0 aliphatic carbocycles. The zero-order valence-electron chi connectivity index (χ0n) is 22.7. The van der Waals surface area contributed by atoms with Crippen molar-refractivity contribution in [2.75, 3.05) is 25.1 Å². The molecular formula is C32H24N4O4S2. The van der Waals surface area contributed by atoms with Crippen molar-refractivity contribution in [1.29, 1.82) is 10.5 Å². The van der Waals surface area contributed by atoms with Crippen LogP contribution >= 0.6 is 11.3 Å². The first-order chi connectivity index (χ1) is 20.3. The van der Waals surface area contributed by atoms with E-state index in [1.807, 2.05) is 42.2 Å². The Hall–Kier alpha value is -4.90. The third-order valence-corrected chi connectivity index (χ3v) is 10.1. The molecule has 1 fully saturated rings. The SMILES string of the molecule is COC(=O)C1CN(c2cccc(-c3c(-c4ccsc4C#N)c4cc(C#N)ccc4n3S(=O)(=O)c3ccc(C)cc3)c2)C1. The Kier molecular flexibility index (Phi) is 6.82. The lowest BCUT2D eigenvalue weighted by Gasteiger charge is -2.39. The summed E-state index contributed by atoms with van der Waals surface area (Å²) < 4.78 is 35.1. The van der Waals surface area contributed by atoms with E-state index >= 15 is 0 Å². The first kappa shape index (κ1) is 27.3. The number of fused-ring (bicyclic) bond motifs is 1. The molecule has 1 saturated heterocycles. The molecule has 0 N–H and O–H groups in total. The summed E-state index contributed by atoms with van der Waals surface area (Å²) >= 11 is 1.27. The van der Waals surface area contributed by atoms with Crippen molar-refractivity contribution < 1.29 is 17.9 Å². The van der Waals surface area contributed by atoms with Crippen LogP contribution in [-0.2, 0) is 19.6 Å². The number of thiophene rings is 1. The Morgan fingerprint density at radius 1 is 1.00 bits per heavy atom. The van der Waals surface area contributed by atoms with Crippen LogP contribution in [0.2, 0.25) is 0 Å². The van der Waals surface area contributed by atoms with Crippen molar-refractivity contribution in [3.05, 3.63) is 94.2 Å². The molecule has 0 bridgehead atoms.